The number of H-pyrrole nitrogens is 1. The summed E-state index contributed by atoms with van der Waals surface area (Å²) in [5.74, 6) is 1.32. The van der Waals surface area contributed by atoms with Gasteiger partial charge in [0.05, 0.1) is 53.9 Å². The van der Waals surface area contributed by atoms with E-state index in [2.05, 4.69) is 49.1 Å². The Bertz CT molecular complexity index is 1790. The molecule has 0 bridgehead atoms. The van der Waals surface area contributed by atoms with E-state index in [4.69, 9.17) is 9.47 Å². The fourth-order valence-electron chi connectivity index (χ4n) is 5.36. The van der Waals surface area contributed by atoms with Gasteiger partial charge in [0.2, 0.25) is 11.7 Å². The molecule has 234 valence electrons. The standard InChI is InChI=1S/C33H36FN7O3S/c1-4-13-45-39-27-18-26-22(16-29(27)40-9-11-43-12-10-40)15-28(38-26)32(42)25-19-37-41(33(25)35-3)30-20-36-31(14-21(30)2)44-24-8-6-5-7-23(34)17-24/h5-8,14-20,24,35,38-39H,4,9-13H2,1-3H3. The molecule has 6 rings (SSSR count). The number of halogens is 1. The van der Waals surface area contributed by atoms with Crippen LogP contribution < -0.4 is 19.7 Å². The number of hydrogen-bond donors (Lipinski definition) is 3. The summed E-state index contributed by atoms with van der Waals surface area (Å²) in [6.07, 6.45) is 11.5. The molecule has 4 aromatic rings. The topological polar surface area (TPSA) is 109 Å². The minimum atomic E-state index is -0.581. The van der Waals surface area contributed by atoms with E-state index in [1.54, 1.807) is 60.4 Å². The van der Waals surface area contributed by atoms with Crippen LogP contribution in [0.4, 0.5) is 21.6 Å². The molecular formula is C33H36FN7O3S. The number of aromatic nitrogens is 4. The Kier molecular flexibility index (Phi) is 9.22. The van der Waals surface area contributed by atoms with Gasteiger partial charge >= 0.3 is 0 Å². The number of ether oxygens (including phenoxy) is 2. The van der Waals surface area contributed by atoms with Gasteiger partial charge in [0.25, 0.3) is 0 Å². The molecule has 1 aliphatic carbocycles. The van der Waals surface area contributed by atoms with E-state index in [9.17, 15) is 9.18 Å². The number of morpholine rings is 1. The van der Waals surface area contributed by atoms with Crippen LogP contribution in [0.25, 0.3) is 16.6 Å². The number of hydrogen-bond acceptors (Lipinski definition) is 9. The number of carbonyl (C=O) groups is 1. The number of carbonyl (C=O) groups excluding carboxylic acids is 1. The molecule has 10 nitrogen and oxygen atoms in total. The van der Waals surface area contributed by atoms with Crippen LogP contribution in [0.3, 0.4) is 0 Å². The highest BCUT2D eigenvalue weighted by molar-refractivity contribution is 8.00. The maximum Gasteiger partial charge on any atom is 0.214 e. The summed E-state index contributed by atoms with van der Waals surface area (Å²) in [5, 5.41) is 8.65. The van der Waals surface area contributed by atoms with Crippen molar-refractivity contribution in [3.05, 3.63) is 89.7 Å². The highest BCUT2D eigenvalue weighted by atomic mass is 32.2. The van der Waals surface area contributed by atoms with Crippen LogP contribution in [-0.4, -0.2) is 70.7 Å². The maximum atomic E-state index is 13.9. The summed E-state index contributed by atoms with van der Waals surface area (Å²) in [5.41, 5.74) is 5.37. The number of benzene rings is 1. The zero-order valence-corrected chi connectivity index (χ0v) is 26.3. The van der Waals surface area contributed by atoms with Crippen LogP contribution >= 0.6 is 11.9 Å². The van der Waals surface area contributed by atoms with E-state index < -0.39 is 6.10 Å². The van der Waals surface area contributed by atoms with E-state index in [0.717, 1.165) is 53.1 Å². The van der Waals surface area contributed by atoms with Crippen LogP contribution in [0.1, 0.15) is 35.0 Å². The van der Waals surface area contributed by atoms with E-state index in [-0.39, 0.29) is 11.6 Å². The summed E-state index contributed by atoms with van der Waals surface area (Å²) < 4.78 is 30.5. The molecule has 0 radical (unpaired) electrons. The second kappa shape index (κ2) is 13.6. The largest absolute Gasteiger partial charge is 0.466 e. The first-order valence-electron chi connectivity index (χ1n) is 15.0. The van der Waals surface area contributed by atoms with E-state index >= 15 is 0 Å². The van der Waals surface area contributed by atoms with Crippen LogP contribution in [0.2, 0.25) is 0 Å². The minimum Gasteiger partial charge on any atom is -0.466 e. The molecule has 0 saturated carbocycles. The molecule has 2 aliphatic rings. The van der Waals surface area contributed by atoms with Gasteiger partial charge < -0.3 is 29.4 Å². The third-order valence-corrected chi connectivity index (χ3v) is 8.58. The lowest BCUT2D eigenvalue weighted by Crippen LogP contribution is -2.36. The van der Waals surface area contributed by atoms with Gasteiger partial charge in [-0.05, 0) is 55.3 Å². The number of aryl methyl sites for hydroxylation is 1. The fourth-order valence-corrected chi connectivity index (χ4v) is 5.99. The molecule has 1 atom stereocenters. The molecule has 3 N–H and O–H groups in total. The van der Waals surface area contributed by atoms with Crippen molar-refractivity contribution >= 4 is 45.8 Å². The van der Waals surface area contributed by atoms with Gasteiger partial charge in [-0.1, -0.05) is 31.0 Å². The number of rotatable bonds is 11. The number of pyridine rings is 1. The molecule has 0 amide bonds. The summed E-state index contributed by atoms with van der Waals surface area (Å²) >= 11 is 1.68. The second-order valence-corrected chi connectivity index (χ2v) is 11.7. The number of aromatic amines is 1. The zero-order valence-electron chi connectivity index (χ0n) is 25.5. The quantitative estimate of drug-likeness (QED) is 0.0992. The Morgan fingerprint density at radius 3 is 2.80 bits per heavy atom. The first kappa shape index (κ1) is 30.5. The lowest BCUT2D eigenvalue weighted by molar-refractivity contribution is 0.103. The lowest BCUT2D eigenvalue weighted by atomic mass is 10.1. The van der Waals surface area contributed by atoms with Gasteiger partial charge in [-0.25, -0.2) is 14.1 Å². The predicted molar refractivity (Wildman–Crippen MR) is 179 cm³/mol. The first-order valence-corrected chi connectivity index (χ1v) is 16.0. The molecule has 4 heterocycles. The lowest BCUT2D eigenvalue weighted by Gasteiger charge is -2.30. The van der Waals surface area contributed by atoms with Crippen molar-refractivity contribution in [1.29, 1.82) is 0 Å². The highest BCUT2D eigenvalue weighted by Crippen LogP contribution is 2.35. The molecule has 3 aromatic heterocycles. The van der Waals surface area contributed by atoms with Crippen molar-refractivity contribution in [2.75, 3.05) is 54.0 Å². The molecule has 0 spiro atoms. The number of allylic oxidation sites excluding steroid dienone is 4. The Morgan fingerprint density at radius 1 is 1.18 bits per heavy atom. The maximum absolute atomic E-state index is 13.9. The first-order chi connectivity index (χ1) is 21.9. The smallest absolute Gasteiger partial charge is 0.214 e. The molecule has 45 heavy (non-hydrogen) atoms. The van der Waals surface area contributed by atoms with Crippen LogP contribution in [0.15, 0.2) is 72.9 Å². The SMILES string of the molecule is CCCSNc1cc2[nH]c(C(=O)c3cnn(-c4cnc(OC5C=CC=CC(F)=C5)cc4C)c3NC)cc2cc1N1CCOCC1. The van der Waals surface area contributed by atoms with Gasteiger partial charge in [0.1, 0.15) is 17.7 Å². The number of fused-ring (bicyclic) bond motifs is 1. The monoisotopic (exact) mass is 629 g/mol. The van der Waals surface area contributed by atoms with Gasteiger partial charge in [0, 0.05) is 42.9 Å². The predicted octanol–water partition coefficient (Wildman–Crippen LogP) is 6.36. The van der Waals surface area contributed by atoms with E-state index in [1.807, 2.05) is 13.0 Å². The zero-order chi connectivity index (χ0) is 31.3. The molecular weight excluding hydrogens is 593 g/mol. The third kappa shape index (κ3) is 6.62. The van der Waals surface area contributed by atoms with Crippen molar-refractivity contribution in [3.63, 3.8) is 0 Å². The Hall–Kier alpha value is -4.55. The Balaban J connectivity index is 1.27. The summed E-state index contributed by atoms with van der Waals surface area (Å²) in [6.45, 7) is 7.05. The van der Waals surface area contributed by atoms with Gasteiger partial charge in [0.15, 0.2) is 0 Å². The van der Waals surface area contributed by atoms with Crippen LogP contribution in [0, 0.1) is 6.92 Å². The fraction of sp³-hybridized carbons (Fsp3) is 0.303. The molecule has 1 aliphatic heterocycles. The van der Waals surface area contributed by atoms with Crippen molar-refractivity contribution in [2.45, 2.75) is 26.4 Å². The van der Waals surface area contributed by atoms with Crippen molar-refractivity contribution in [2.24, 2.45) is 0 Å². The van der Waals surface area contributed by atoms with E-state index in [1.165, 1.54) is 12.2 Å². The second-order valence-electron chi connectivity index (χ2n) is 10.8. The van der Waals surface area contributed by atoms with Crippen molar-refractivity contribution < 1.29 is 18.7 Å². The van der Waals surface area contributed by atoms with Gasteiger partial charge in [-0.2, -0.15) is 5.10 Å². The average Bonchev–Trinajstić information content (AvgIpc) is 3.61. The molecule has 12 heteroatoms. The summed E-state index contributed by atoms with van der Waals surface area (Å²) in [4.78, 5) is 24.0. The van der Waals surface area contributed by atoms with Crippen LogP contribution in [-0.2, 0) is 4.74 Å². The summed E-state index contributed by atoms with van der Waals surface area (Å²) in [7, 11) is 1.75. The van der Waals surface area contributed by atoms with Crippen molar-refractivity contribution in [1.82, 2.24) is 19.7 Å². The van der Waals surface area contributed by atoms with Crippen LogP contribution in [0.5, 0.6) is 5.88 Å². The minimum absolute atomic E-state index is 0.183. The number of ketones is 1. The third-order valence-electron chi connectivity index (χ3n) is 7.61. The normalized spacial score (nSPS) is 16.5. The van der Waals surface area contributed by atoms with Gasteiger partial charge in [-0.3, -0.25) is 4.79 Å². The number of nitrogens with one attached hydrogen (secondary N) is 3. The molecule has 1 unspecified atom stereocenters. The van der Waals surface area contributed by atoms with Gasteiger partial charge in [-0.15, -0.1) is 0 Å². The van der Waals surface area contributed by atoms with E-state index in [0.29, 0.717) is 41.9 Å². The number of nitrogens with zero attached hydrogens (tertiary/aromatic N) is 4. The molecule has 1 fully saturated rings. The molecule has 1 saturated heterocycles. The van der Waals surface area contributed by atoms with Crippen molar-refractivity contribution in [3.8, 4) is 11.6 Å². The Morgan fingerprint density at radius 2 is 2.02 bits per heavy atom. The average molecular weight is 630 g/mol. The Labute approximate surface area is 265 Å². The summed E-state index contributed by atoms with van der Waals surface area (Å²) in [6, 6.07) is 7.88. The number of anilines is 3. The highest BCUT2D eigenvalue weighted by Gasteiger charge is 2.23. The molecule has 1 aromatic carbocycles.